The van der Waals surface area contributed by atoms with Crippen LogP contribution in [0.2, 0.25) is 0 Å². The molecule has 0 aromatic carbocycles. The average Bonchev–Trinajstić information content (AvgIpc) is 3.03. The molecule has 1 aliphatic heterocycles. The van der Waals surface area contributed by atoms with E-state index in [-0.39, 0.29) is 34.0 Å². The smallest absolute Gasteiger partial charge is 0.355 e. The molecule has 0 bridgehead atoms. The summed E-state index contributed by atoms with van der Waals surface area (Å²) in [5.74, 6) is -2.22. The van der Waals surface area contributed by atoms with E-state index in [2.05, 4.69) is 15.3 Å². The van der Waals surface area contributed by atoms with Crippen LogP contribution in [0.5, 0.6) is 0 Å². The molecular weight excluding hydrogens is 424 g/mol. The van der Waals surface area contributed by atoms with E-state index in [0.717, 1.165) is 5.01 Å². The maximum Gasteiger partial charge on any atom is 0.355 e. The summed E-state index contributed by atoms with van der Waals surface area (Å²) in [5, 5.41) is 21.6. The number of hydrazone groups is 1. The first-order chi connectivity index (χ1) is 13.8. The monoisotopic (exact) mass is 436 g/mol. The van der Waals surface area contributed by atoms with Crippen molar-refractivity contribution in [2.45, 2.75) is 18.9 Å². The number of rotatable bonds is 4. The number of azo groups is 1. The zero-order valence-electron chi connectivity index (χ0n) is 14.5. The minimum absolute atomic E-state index is 0.0352. The minimum Gasteiger partial charge on any atom is -0.477 e. The van der Waals surface area contributed by atoms with Crippen molar-refractivity contribution in [3.05, 3.63) is 47.9 Å². The highest BCUT2D eigenvalue weighted by Crippen LogP contribution is 2.23. The van der Waals surface area contributed by atoms with Crippen LogP contribution in [0.1, 0.15) is 12.8 Å². The SMILES string of the molecule is O=C(O)C1=NN(C2=CCC(=S(=O)=O)C=C2)C(=O)C1N=NC1=CCC(=S(=O)=O)C=C1. The van der Waals surface area contributed by atoms with Gasteiger partial charge in [-0.1, -0.05) is 12.2 Å². The Morgan fingerprint density at radius 2 is 1.66 bits per heavy atom. The Morgan fingerprint density at radius 3 is 2.14 bits per heavy atom. The maximum absolute atomic E-state index is 12.6. The zero-order chi connectivity index (χ0) is 21.1. The fourth-order valence-corrected chi connectivity index (χ4v) is 3.33. The number of carbonyl (C=O) groups is 2. The quantitative estimate of drug-likeness (QED) is 0.474. The first-order valence-electron chi connectivity index (χ1n) is 8.01. The lowest BCUT2D eigenvalue weighted by Gasteiger charge is -2.15. The standard InChI is InChI=1S/C16H12N4O7S2/c21-15-13(18-17-9-1-5-11(6-2-9)28(24)25)14(16(22)23)19-20(15)10-3-7-12(8-4-10)29(26)27/h1-5,7,13H,6,8H2,(H,22,23). The molecule has 0 saturated carbocycles. The van der Waals surface area contributed by atoms with Gasteiger partial charge in [-0.2, -0.15) is 37.2 Å². The highest BCUT2D eigenvalue weighted by Gasteiger charge is 2.41. The molecule has 1 heterocycles. The van der Waals surface area contributed by atoms with Crippen LogP contribution in [0.4, 0.5) is 0 Å². The third-order valence-electron chi connectivity index (χ3n) is 3.99. The minimum atomic E-state index is -2.39. The molecule has 2 aliphatic carbocycles. The molecule has 0 radical (unpaired) electrons. The Balaban J connectivity index is 1.83. The van der Waals surface area contributed by atoms with E-state index in [1.807, 2.05) is 0 Å². The predicted molar refractivity (Wildman–Crippen MR) is 102 cm³/mol. The molecule has 0 saturated heterocycles. The second-order valence-corrected chi connectivity index (χ2v) is 7.78. The maximum atomic E-state index is 12.6. The first-order valence-corrected chi connectivity index (χ1v) is 10.2. The number of carboxylic acids is 1. The molecule has 3 rings (SSSR count). The third kappa shape index (κ3) is 4.35. The van der Waals surface area contributed by atoms with Crippen LogP contribution in [-0.2, 0) is 30.2 Å². The van der Waals surface area contributed by atoms with Crippen molar-refractivity contribution in [2.24, 2.45) is 15.3 Å². The molecule has 0 aromatic rings. The van der Waals surface area contributed by atoms with Crippen LogP contribution in [0, 0.1) is 0 Å². The summed E-state index contributed by atoms with van der Waals surface area (Å²) in [7, 11) is -4.75. The molecule has 0 aromatic heterocycles. The number of carbonyl (C=O) groups excluding carboxylic acids is 1. The number of hydrogen-bond donors (Lipinski definition) is 1. The molecule has 0 spiro atoms. The van der Waals surface area contributed by atoms with Crippen molar-refractivity contribution < 1.29 is 31.5 Å². The van der Waals surface area contributed by atoms with E-state index >= 15 is 0 Å². The first kappa shape index (κ1) is 20.3. The summed E-state index contributed by atoms with van der Waals surface area (Å²) in [6.07, 6.45) is 8.37. The van der Waals surface area contributed by atoms with Crippen LogP contribution in [0.25, 0.3) is 0 Å². The Bertz CT molecular complexity index is 1250. The van der Waals surface area contributed by atoms with Crippen LogP contribution < -0.4 is 0 Å². The molecule has 1 amide bonds. The number of aliphatic carboxylic acids is 1. The van der Waals surface area contributed by atoms with Gasteiger partial charge in [0.05, 0.1) is 21.1 Å². The molecular formula is C16H12N4O7S2. The number of nitrogens with zero attached hydrogens (tertiary/aromatic N) is 4. The Hall–Kier alpha value is -3.45. The Labute approximate surface area is 166 Å². The Morgan fingerprint density at radius 1 is 1.03 bits per heavy atom. The van der Waals surface area contributed by atoms with Crippen LogP contribution in [0.15, 0.2) is 63.2 Å². The van der Waals surface area contributed by atoms with Gasteiger partial charge in [-0.25, -0.2) is 4.79 Å². The third-order valence-corrected chi connectivity index (χ3v) is 5.46. The lowest BCUT2D eigenvalue weighted by Crippen LogP contribution is -2.32. The lowest BCUT2D eigenvalue weighted by atomic mass is 10.1. The van der Waals surface area contributed by atoms with Crippen molar-refractivity contribution in [3.63, 3.8) is 0 Å². The number of hydrogen-bond acceptors (Lipinski definition) is 9. The van der Waals surface area contributed by atoms with Gasteiger partial charge in [-0.3, -0.25) is 4.79 Å². The van der Waals surface area contributed by atoms with Gasteiger partial charge in [0.1, 0.15) is 0 Å². The number of allylic oxidation sites excluding steroid dienone is 6. The highest BCUT2D eigenvalue weighted by molar-refractivity contribution is 7.73. The van der Waals surface area contributed by atoms with Gasteiger partial charge in [0, 0.05) is 12.8 Å². The highest BCUT2D eigenvalue weighted by atomic mass is 32.2. The van der Waals surface area contributed by atoms with E-state index in [0.29, 0.717) is 0 Å². The summed E-state index contributed by atoms with van der Waals surface area (Å²) in [4.78, 5) is 24.4. The second-order valence-electron chi connectivity index (χ2n) is 5.79. The van der Waals surface area contributed by atoms with E-state index in [9.17, 15) is 31.5 Å². The topological polar surface area (TPSA) is 163 Å². The van der Waals surface area contributed by atoms with E-state index < -0.39 is 44.2 Å². The van der Waals surface area contributed by atoms with Crippen molar-refractivity contribution >= 4 is 47.9 Å². The molecule has 3 aliphatic rings. The van der Waals surface area contributed by atoms with Crippen molar-refractivity contribution in [3.8, 4) is 0 Å². The predicted octanol–water partition coefficient (Wildman–Crippen LogP) is -0.119. The Kier molecular flexibility index (Phi) is 5.79. The largest absolute Gasteiger partial charge is 0.477 e. The van der Waals surface area contributed by atoms with E-state index in [4.69, 9.17) is 0 Å². The molecule has 1 unspecified atom stereocenters. The van der Waals surface area contributed by atoms with Gasteiger partial charge < -0.3 is 5.11 Å². The van der Waals surface area contributed by atoms with Gasteiger partial charge in [0.2, 0.25) is 26.6 Å². The summed E-state index contributed by atoms with van der Waals surface area (Å²) in [5.41, 5.74) is -0.0535. The van der Waals surface area contributed by atoms with Crippen LogP contribution in [-0.4, -0.2) is 60.3 Å². The van der Waals surface area contributed by atoms with Crippen molar-refractivity contribution in [2.75, 3.05) is 0 Å². The molecule has 1 N–H and O–H groups in total. The molecule has 29 heavy (non-hydrogen) atoms. The molecule has 1 atom stereocenters. The molecule has 150 valence electrons. The molecule has 13 heteroatoms. The van der Waals surface area contributed by atoms with E-state index in [1.54, 1.807) is 0 Å². The zero-order valence-corrected chi connectivity index (χ0v) is 16.1. The van der Waals surface area contributed by atoms with Gasteiger partial charge in [-0.15, -0.1) is 0 Å². The second kappa shape index (κ2) is 8.28. The van der Waals surface area contributed by atoms with Crippen molar-refractivity contribution in [1.29, 1.82) is 0 Å². The fraction of sp³-hybridized carbons (Fsp3) is 0.188. The van der Waals surface area contributed by atoms with Crippen LogP contribution in [0.3, 0.4) is 0 Å². The van der Waals surface area contributed by atoms with Crippen molar-refractivity contribution in [1.82, 2.24) is 5.01 Å². The number of amides is 1. The summed E-state index contributed by atoms with van der Waals surface area (Å²) in [6.45, 7) is 0. The fourth-order valence-electron chi connectivity index (χ4n) is 2.54. The van der Waals surface area contributed by atoms with Gasteiger partial charge in [0.15, 0.2) is 5.71 Å². The van der Waals surface area contributed by atoms with Gasteiger partial charge in [0.25, 0.3) is 5.91 Å². The van der Waals surface area contributed by atoms with Gasteiger partial charge in [-0.05, 0) is 24.3 Å². The number of carboxylic acid groups (broad SMARTS) is 1. The van der Waals surface area contributed by atoms with Gasteiger partial charge >= 0.3 is 5.97 Å². The summed E-state index contributed by atoms with van der Waals surface area (Å²) in [6, 6.07) is -1.49. The lowest BCUT2D eigenvalue weighted by molar-refractivity contribution is -0.131. The van der Waals surface area contributed by atoms with Crippen LogP contribution >= 0.6 is 0 Å². The molecule has 0 fully saturated rings. The molecule has 11 nitrogen and oxygen atoms in total. The average molecular weight is 436 g/mol. The van der Waals surface area contributed by atoms with E-state index in [1.165, 1.54) is 36.5 Å². The normalized spacial score (nSPS) is 21.4. The summed E-state index contributed by atoms with van der Waals surface area (Å²) >= 11 is 0. The summed E-state index contributed by atoms with van der Waals surface area (Å²) < 4.78 is 43.7.